The molecule has 0 saturated carbocycles. The predicted molar refractivity (Wildman–Crippen MR) is 103 cm³/mol. The van der Waals surface area contributed by atoms with Gasteiger partial charge in [-0.05, 0) is 25.7 Å². The van der Waals surface area contributed by atoms with E-state index in [-0.39, 0.29) is 6.10 Å². The second-order valence-electron chi connectivity index (χ2n) is 7.18. The molecule has 24 heavy (non-hydrogen) atoms. The summed E-state index contributed by atoms with van der Waals surface area (Å²) in [6.45, 7) is 4.47. The maximum absolute atomic E-state index is 10.8. The van der Waals surface area contributed by atoms with Crippen LogP contribution in [-0.4, -0.2) is 17.4 Å². The minimum absolute atomic E-state index is 0.0850. The van der Waals surface area contributed by atoms with Crippen LogP contribution in [0.2, 0.25) is 0 Å². The van der Waals surface area contributed by atoms with Gasteiger partial charge in [-0.1, -0.05) is 97.3 Å². The summed E-state index contributed by atoms with van der Waals surface area (Å²) in [7, 11) is 0. The second-order valence-corrected chi connectivity index (χ2v) is 7.18. The molecule has 1 N–H and O–H groups in total. The van der Waals surface area contributed by atoms with E-state index in [1.165, 1.54) is 83.5 Å². The third-order valence-electron chi connectivity index (χ3n) is 4.78. The van der Waals surface area contributed by atoms with E-state index in [1.807, 2.05) is 0 Å². The number of carbonyl (C=O) groups is 1. The molecule has 1 unspecified atom stereocenters. The minimum Gasteiger partial charge on any atom is -0.450 e. The van der Waals surface area contributed by atoms with Crippen molar-refractivity contribution in [1.82, 2.24) is 0 Å². The molecule has 0 spiro atoms. The Labute approximate surface area is 150 Å². The standard InChI is InChI=1S/C21H42O3/c1-3-5-7-9-11-12-13-15-17-19-20(24-21(22)23)18-16-14-10-8-6-4-2/h20H,3-19H2,1-2H3,(H,22,23). The highest BCUT2D eigenvalue weighted by molar-refractivity contribution is 5.57. The summed E-state index contributed by atoms with van der Waals surface area (Å²) in [5.74, 6) is 0. The fourth-order valence-electron chi connectivity index (χ4n) is 3.24. The van der Waals surface area contributed by atoms with Crippen LogP contribution in [0.3, 0.4) is 0 Å². The van der Waals surface area contributed by atoms with Gasteiger partial charge in [0.25, 0.3) is 0 Å². The lowest BCUT2D eigenvalue weighted by Gasteiger charge is -2.15. The molecule has 0 heterocycles. The number of ether oxygens (including phenoxy) is 1. The largest absolute Gasteiger partial charge is 0.506 e. The van der Waals surface area contributed by atoms with Gasteiger partial charge in [0.05, 0.1) is 0 Å². The van der Waals surface area contributed by atoms with Crippen molar-refractivity contribution in [2.75, 3.05) is 0 Å². The highest BCUT2D eigenvalue weighted by Crippen LogP contribution is 2.17. The van der Waals surface area contributed by atoms with Crippen molar-refractivity contribution in [3.63, 3.8) is 0 Å². The average Bonchev–Trinajstić information content (AvgIpc) is 2.55. The van der Waals surface area contributed by atoms with Gasteiger partial charge in [0.15, 0.2) is 0 Å². The number of rotatable bonds is 18. The summed E-state index contributed by atoms with van der Waals surface area (Å²) in [6, 6.07) is 0. The number of carboxylic acid groups (broad SMARTS) is 1. The zero-order valence-electron chi connectivity index (χ0n) is 16.4. The summed E-state index contributed by atoms with van der Waals surface area (Å²) in [5.41, 5.74) is 0. The lowest BCUT2D eigenvalue weighted by Crippen LogP contribution is -2.16. The molecule has 0 aromatic rings. The third kappa shape index (κ3) is 17.6. The Bertz CT molecular complexity index is 266. The van der Waals surface area contributed by atoms with Crippen LogP contribution in [0.25, 0.3) is 0 Å². The molecule has 0 aliphatic heterocycles. The van der Waals surface area contributed by atoms with Gasteiger partial charge in [0.2, 0.25) is 0 Å². The molecule has 1 atom stereocenters. The topological polar surface area (TPSA) is 46.5 Å². The number of hydrogen-bond donors (Lipinski definition) is 1. The first kappa shape index (κ1) is 23.3. The van der Waals surface area contributed by atoms with Crippen molar-refractivity contribution in [3.05, 3.63) is 0 Å². The normalized spacial score (nSPS) is 12.2. The van der Waals surface area contributed by atoms with E-state index in [2.05, 4.69) is 13.8 Å². The van der Waals surface area contributed by atoms with E-state index in [9.17, 15) is 4.79 Å². The van der Waals surface area contributed by atoms with Crippen LogP contribution >= 0.6 is 0 Å². The predicted octanol–water partition coefficient (Wildman–Crippen LogP) is 7.72. The molecule has 0 saturated heterocycles. The first-order valence-electron chi connectivity index (χ1n) is 10.6. The molecule has 0 aromatic carbocycles. The highest BCUT2D eigenvalue weighted by Gasteiger charge is 2.12. The van der Waals surface area contributed by atoms with Crippen LogP contribution in [0.5, 0.6) is 0 Å². The van der Waals surface area contributed by atoms with E-state index in [0.717, 1.165) is 25.7 Å². The second kappa shape index (κ2) is 18.6. The van der Waals surface area contributed by atoms with Crippen molar-refractivity contribution in [3.8, 4) is 0 Å². The Morgan fingerprint density at radius 1 is 0.667 bits per heavy atom. The van der Waals surface area contributed by atoms with Gasteiger partial charge in [-0.25, -0.2) is 4.79 Å². The van der Waals surface area contributed by atoms with Crippen LogP contribution in [0.4, 0.5) is 4.79 Å². The molecule has 144 valence electrons. The van der Waals surface area contributed by atoms with Gasteiger partial charge >= 0.3 is 6.16 Å². The lowest BCUT2D eigenvalue weighted by atomic mass is 10.0. The highest BCUT2D eigenvalue weighted by atomic mass is 16.7. The zero-order valence-corrected chi connectivity index (χ0v) is 16.4. The zero-order chi connectivity index (χ0) is 17.9. The maximum Gasteiger partial charge on any atom is 0.506 e. The Morgan fingerprint density at radius 3 is 1.33 bits per heavy atom. The smallest absolute Gasteiger partial charge is 0.450 e. The van der Waals surface area contributed by atoms with Gasteiger partial charge in [0.1, 0.15) is 6.10 Å². The Morgan fingerprint density at radius 2 is 1.00 bits per heavy atom. The molecule has 0 bridgehead atoms. The molecule has 0 fully saturated rings. The van der Waals surface area contributed by atoms with Crippen molar-refractivity contribution < 1.29 is 14.6 Å². The molecule has 0 rings (SSSR count). The summed E-state index contributed by atoms with van der Waals surface area (Å²) < 4.78 is 5.07. The minimum atomic E-state index is -1.11. The van der Waals surface area contributed by atoms with Gasteiger partial charge in [-0.15, -0.1) is 0 Å². The van der Waals surface area contributed by atoms with E-state index in [4.69, 9.17) is 9.84 Å². The van der Waals surface area contributed by atoms with Crippen molar-refractivity contribution in [2.24, 2.45) is 0 Å². The summed E-state index contributed by atoms with van der Waals surface area (Å²) >= 11 is 0. The summed E-state index contributed by atoms with van der Waals surface area (Å²) in [6.07, 6.45) is 19.8. The maximum atomic E-state index is 10.8. The van der Waals surface area contributed by atoms with Crippen molar-refractivity contribution >= 4 is 6.16 Å². The molecular formula is C21H42O3. The van der Waals surface area contributed by atoms with Crippen LogP contribution in [0.1, 0.15) is 123 Å². The molecular weight excluding hydrogens is 300 g/mol. The SMILES string of the molecule is CCCCCCCCCCCC(CCCCCCCC)OC(=O)O. The molecule has 0 aliphatic rings. The van der Waals surface area contributed by atoms with Crippen LogP contribution in [0, 0.1) is 0 Å². The van der Waals surface area contributed by atoms with Crippen molar-refractivity contribution in [1.29, 1.82) is 0 Å². The van der Waals surface area contributed by atoms with Crippen molar-refractivity contribution in [2.45, 2.75) is 129 Å². The van der Waals surface area contributed by atoms with Gasteiger partial charge in [-0.2, -0.15) is 0 Å². The molecule has 3 heteroatoms. The molecule has 0 aromatic heterocycles. The average molecular weight is 343 g/mol. The van der Waals surface area contributed by atoms with Crippen LogP contribution in [-0.2, 0) is 4.74 Å². The van der Waals surface area contributed by atoms with E-state index in [0.29, 0.717) is 0 Å². The first-order valence-corrected chi connectivity index (χ1v) is 10.6. The third-order valence-corrected chi connectivity index (χ3v) is 4.78. The van der Waals surface area contributed by atoms with E-state index < -0.39 is 6.16 Å². The Kier molecular flexibility index (Phi) is 18.0. The Balaban J connectivity index is 3.59. The van der Waals surface area contributed by atoms with Crippen LogP contribution < -0.4 is 0 Å². The summed E-state index contributed by atoms with van der Waals surface area (Å²) in [5, 5.41) is 8.88. The van der Waals surface area contributed by atoms with Gasteiger partial charge in [-0.3, -0.25) is 0 Å². The number of unbranched alkanes of at least 4 members (excludes halogenated alkanes) is 13. The van der Waals surface area contributed by atoms with Gasteiger partial charge in [0, 0.05) is 0 Å². The van der Waals surface area contributed by atoms with E-state index in [1.54, 1.807) is 0 Å². The molecule has 3 nitrogen and oxygen atoms in total. The fourth-order valence-corrected chi connectivity index (χ4v) is 3.24. The quantitative estimate of drug-likeness (QED) is 0.205. The van der Waals surface area contributed by atoms with Gasteiger partial charge < -0.3 is 9.84 Å². The Hall–Kier alpha value is -0.730. The molecule has 0 aliphatic carbocycles. The lowest BCUT2D eigenvalue weighted by molar-refractivity contribution is 0.0422. The number of hydrogen-bond acceptors (Lipinski definition) is 2. The monoisotopic (exact) mass is 342 g/mol. The van der Waals surface area contributed by atoms with Crippen LogP contribution in [0.15, 0.2) is 0 Å². The molecule has 0 radical (unpaired) electrons. The molecule has 0 amide bonds. The summed E-state index contributed by atoms with van der Waals surface area (Å²) in [4.78, 5) is 10.8. The van der Waals surface area contributed by atoms with E-state index >= 15 is 0 Å². The fraction of sp³-hybridized carbons (Fsp3) is 0.952. The first-order chi connectivity index (χ1) is 11.7.